The molecule has 1 aliphatic rings. The number of rotatable bonds is 2. The molecule has 0 bridgehead atoms. The number of aromatic amines is 1. The summed E-state index contributed by atoms with van der Waals surface area (Å²) < 4.78 is 1.24. The summed E-state index contributed by atoms with van der Waals surface area (Å²) in [6, 6.07) is 1.04. The van der Waals surface area contributed by atoms with Gasteiger partial charge in [-0.25, -0.2) is 4.79 Å². The van der Waals surface area contributed by atoms with Gasteiger partial charge in [0.05, 0.1) is 6.07 Å². The average Bonchev–Trinajstić information content (AvgIpc) is 2.25. The Balaban J connectivity index is 2.20. The number of aromatic hydroxyl groups is 1. The summed E-state index contributed by atoms with van der Waals surface area (Å²) >= 11 is 1.91. The third-order valence-corrected chi connectivity index (χ3v) is 3.84. The molecule has 0 aliphatic carbocycles. The van der Waals surface area contributed by atoms with Gasteiger partial charge in [0.25, 0.3) is 5.56 Å². The highest BCUT2D eigenvalue weighted by Gasteiger charge is 2.16. The molecule has 6 heteroatoms. The molecule has 1 fully saturated rings. The van der Waals surface area contributed by atoms with Gasteiger partial charge in [0.2, 0.25) is 5.88 Å². The summed E-state index contributed by atoms with van der Waals surface area (Å²) in [5.41, 5.74) is -1.08. The fraction of sp³-hybridized carbons (Fsp3) is 0.600. The van der Waals surface area contributed by atoms with Gasteiger partial charge in [0.1, 0.15) is 0 Å². The minimum atomic E-state index is -0.557. The van der Waals surface area contributed by atoms with Crippen LogP contribution < -0.4 is 11.2 Å². The molecule has 5 nitrogen and oxygen atoms in total. The second-order valence-electron chi connectivity index (χ2n) is 3.96. The molecule has 2 rings (SSSR count). The molecule has 1 aromatic rings. The first-order valence-electron chi connectivity index (χ1n) is 5.27. The number of thioether (sulfide) groups is 1. The lowest BCUT2D eigenvalue weighted by Gasteiger charge is -2.22. The van der Waals surface area contributed by atoms with Crippen LogP contribution in [0.15, 0.2) is 15.7 Å². The van der Waals surface area contributed by atoms with Crippen molar-refractivity contribution in [2.24, 2.45) is 5.92 Å². The maximum atomic E-state index is 11.5. The van der Waals surface area contributed by atoms with Crippen LogP contribution in [-0.4, -0.2) is 26.2 Å². The highest BCUT2D eigenvalue weighted by atomic mass is 32.2. The van der Waals surface area contributed by atoms with E-state index in [2.05, 4.69) is 4.98 Å². The summed E-state index contributed by atoms with van der Waals surface area (Å²) in [5.74, 6) is 2.37. The Kier molecular flexibility index (Phi) is 3.38. The Morgan fingerprint density at radius 1 is 1.44 bits per heavy atom. The third kappa shape index (κ3) is 2.49. The number of nitrogens with zero attached hydrogens (tertiary/aromatic N) is 1. The molecule has 0 atom stereocenters. The van der Waals surface area contributed by atoms with Crippen LogP contribution >= 0.6 is 11.8 Å². The van der Waals surface area contributed by atoms with Crippen molar-refractivity contribution in [1.82, 2.24) is 9.55 Å². The Morgan fingerprint density at radius 2 is 2.12 bits per heavy atom. The maximum Gasteiger partial charge on any atom is 0.331 e. The average molecular weight is 242 g/mol. The van der Waals surface area contributed by atoms with Crippen LogP contribution in [0.1, 0.15) is 12.8 Å². The van der Waals surface area contributed by atoms with Crippen molar-refractivity contribution in [3.63, 3.8) is 0 Å². The van der Waals surface area contributed by atoms with E-state index in [-0.39, 0.29) is 5.88 Å². The highest BCUT2D eigenvalue weighted by Crippen LogP contribution is 2.24. The number of aromatic nitrogens is 2. The van der Waals surface area contributed by atoms with Gasteiger partial charge >= 0.3 is 5.69 Å². The largest absolute Gasteiger partial charge is 0.494 e. The van der Waals surface area contributed by atoms with Crippen LogP contribution in [0.3, 0.4) is 0 Å². The summed E-state index contributed by atoms with van der Waals surface area (Å²) in [5, 5.41) is 9.54. The Morgan fingerprint density at radius 3 is 2.75 bits per heavy atom. The quantitative estimate of drug-likeness (QED) is 0.786. The molecular formula is C10H14N2O3S. The van der Waals surface area contributed by atoms with E-state index in [9.17, 15) is 14.7 Å². The van der Waals surface area contributed by atoms with Crippen LogP contribution in [0.25, 0.3) is 0 Å². The first-order chi connectivity index (χ1) is 7.66. The van der Waals surface area contributed by atoms with Crippen molar-refractivity contribution < 1.29 is 5.11 Å². The smallest absolute Gasteiger partial charge is 0.331 e. The van der Waals surface area contributed by atoms with Crippen LogP contribution in [0.4, 0.5) is 0 Å². The van der Waals surface area contributed by atoms with Crippen molar-refractivity contribution in [3.05, 3.63) is 26.9 Å². The lowest BCUT2D eigenvalue weighted by Crippen LogP contribution is -2.32. The number of hydrogen-bond donors (Lipinski definition) is 2. The molecule has 16 heavy (non-hydrogen) atoms. The first kappa shape index (κ1) is 11.3. The molecule has 0 saturated carbocycles. The summed E-state index contributed by atoms with van der Waals surface area (Å²) in [7, 11) is 0. The molecule has 0 unspecified atom stereocenters. The van der Waals surface area contributed by atoms with E-state index in [4.69, 9.17) is 0 Å². The molecule has 88 valence electrons. The van der Waals surface area contributed by atoms with E-state index >= 15 is 0 Å². The van der Waals surface area contributed by atoms with Gasteiger partial charge in [-0.15, -0.1) is 0 Å². The fourth-order valence-electron chi connectivity index (χ4n) is 1.87. The van der Waals surface area contributed by atoms with Gasteiger partial charge in [0.15, 0.2) is 0 Å². The molecule has 0 amide bonds. The van der Waals surface area contributed by atoms with Crippen molar-refractivity contribution >= 4 is 11.8 Å². The lowest BCUT2D eigenvalue weighted by atomic mass is 10.0. The minimum absolute atomic E-state index is 0.244. The minimum Gasteiger partial charge on any atom is -0.494 e. The Labute approximate surface area is 96.5 Å². The molecule has 1 aliphatic heterocycles. The monoisotopic (exact) mass is 242 g/mol. The summed E-state index contributed by atoms with van der Waals surface area (Å²) in [4.78, 5) is 24.6. The molecule has 0 aromatic carbocycles. The van der Waals surface area contributed by atoms with Gasteiger partial charge in [-0.3, -0.25) is 14.3 Å². The molecule has 0 radical (unpaired) electrons. The lowest BCUT2D eigenvalue weighted by molar-refractivity contribution is 0.346. The Bertz CT molecular complexity index is 474. The van der Waals surface area contributed by atoms with E-state index in [1.807, 2.05) is 11.8 Å². The number of nitrogens with one attached hydrogen (secondary N) is 1. The SMILES string of the molecule is O=c1cc(O)n(CC2CCSCC2)c(=O)[nH]1. The predicted molar refractivity (Wildman–Crippen MR) is 63.0 cm³/mol. The van der Waals surface area contributed by atoms with E-state index in [0.29, 0.717) is 12.5 Å². The van der Waals surface area contributed by atoms with Gasteiger partial charge in [0, 0.05) is 6.54 Å². The highest BCUT2D eigenvalue weighted by molar-refractivity contribution is 7.99. The second-order valence-corrected chi connectivity index (χ2v) is 5.19. The number of hydrogen-bond acceptors (Lipinski definition) is 4. The maximum absolute atomic E-state index is 11.5. The van der Waals surface area contributed by atoms with Crippen molar-refractivity contribution in [2.45, 2.75) is 19.4 Å². The predicted octanol–water partition coefficient (Wildman–Crippen LogP) is 0.385. The van der Waals surface area contributed by atoms with Gasteiger partial charge in [-0.2, -0.15) is 11.8 Å². The van der Waals surface area contributed by atoms with Crippen molar-refractivity contribution in [2.75, 3.05) is 11.5 Å². The normalized spacial score (nSPS) is 17.5. The van der Waals surface area contributed by atoms with Crippen LogP contribution in [0, 0.1) is 5.92 Å². The van der Waals surface area contributed by atoms with Gasteiger partial charge in [-0.05, 0) is 30.3 Å². The first-order valence-corrected chi connectivity index (χ1v) is 6.43. The van der Waals surface area contributed by atoms with Crippen molar-refractivity contribution in [3.8, 4) is 5.88 Å². The zero-order chi connectivity index (χ0) is 11.5. The van der Waals surface area contributed by atoms with E-state index in [1.54, 1.807) is 0 Å². The third-order valence-electron chi connectivity index (χ3n) is 2.79. The van der Waals surface area contributed by atoms with Crippen LogP contribution in [-0.2, 0) is 6.54 Å². The van der Waals surface area contributed by atoms with Gasteiger partial charge in [-0.1, -0.05) is 0 Å². The van der Waals surface area contributed by atoms with E-state index in [1.165, 1.54) is 4.57 Å². The molecular weight excluding hydrogens is 228 g/mol. The molecule has 2 N–H and O–H groups in total. The van der Waals surface area contributed by atoms with Crippen LogP contribution in [0.5, 0.6) is 5.88 Å². The fourth-order valence-corrected chi connectivity index (χ4v) is 3.08. The van der Waals surface area contributed by atoms with Gasteiger partial charge < -0.3 is 5.11 Å². The Hall–Kier alpha value is -1.17. The standard InChI is InChI=1S/C10H14N2O3S/c13-8-5-9(14)12(10(15)11-8)6-7-1-3-16-4-2-7/h5,7,14H,1-4,6H2,(H,11,13,15). The molecule has 1 saturated heterocycles. The second kappa shape index (κ2) is 4.78. The van der Waals surface area contributed by atoms with E-state index < -0.39 is 11.2 Å². The zero-order valence-corrected chi connectivity index (χ0v) is 9.63. The van der Waals surface area contributed by atoms with E-state index in [0.717, 1.165) is 30.4 Å². The summed E-state index contributed by atoms with van der Waals surface area (Å²) in [6.45, 7) is 0.488. The molecule has 1 aromatic heterocycles. The van der Waals surface area contributed by atoms with Crippen LogP contribution in [0.2, 0.25) is 0 Å². The zero-order valence-electron chi connectivity index (χ0n) is 8.81. The molecule has 2 heterocycles. The number of H-pyrrole nitrogens is 1. The summed E-state index contributed by atoms with van der Waals surface area (Å²) in [6.07, 6.45) is 2.10. The molecule has 0 spiro atoms. The van der Waals surface area contributed by atoms with Crippen molar-refractivity contribution in [1.29, 1.82) is 0 Å². The topological polar surface area (TPSA) is 75.1 Å².